The van der Waals surface area contributed by atoms with E-state index in [0.717, 1.165) is 56.7 Å². The standard InChI is InChI=1S/C28H38N6/c1-21-19-26-24(29-20-21)10-12-31(26)15-18-34-11-9-23-7-8-27(30-28(23)34)33-16-13-32(14-17-33)25-6-4-3-5-22(25)2/h3-9,11,21,24,26,29H,10,12-20H2,1-2H3. The van der Waals surface area contributed by atoms with Crippen molar-refractivity contribution in [1.82, 2.24) is 19.8 Å². The molecule has 0 spiro atoms. The summed E-state index contributed by atoms with van der Waals surface area (Å²) >= 11 is 0. The molecule has 6 rings (SSSR count). The third-order valence-electron chi connectivity index (χ3n) is 8.32. The Hall–Kier alpha value is -2.57. The van der Waals surface area contributed by atoms with Gasteiger partial charge in [0, 0.05) is 75.2 Å². The predicted octanol–water partition coefficient (Wildman–Crippen LogP) is 3.74. The molecule has 6 nitrogen and oxygen atoms in total. The van der Waals surface area contributed by atoms with E-state index < -0.39 is 0 Å². The van der Waals surface area contributed by atoms with Gasteiger partial charge in [0.25, 0.3) is 0 Å². The number of fused-ring (bicyclic) bond motifs is 2. The van der Waals surface area contributed by atoms with Crippen LogP contribution in [0, 0.1) is 12.8 Å². The summed E-state index contributed by atoms with van der Waals surface area (Å²) in [5.41, 5.74) is 3.85. The zero-order valence-electron chi connectivity index (χ0n) is 20.7. The first-order valence-electron chi connectivity index (χ1n) is 13.1. The fourth-order valence-corrected chi connectivity index (χ4v) is 6.33. The summed E-state index contributed by atoms with van der Waals surface area (Å²) in [5.74, 6) is 1.90. The monoisotopic (exact) mass is 458 g/mol. The number of aryl methyl sites for hydroxylation is 1. The number of aromatic nitrogens is 2. The Morgan fingerprint density at radius 3 is 2.62 bits per heavy atom. The minimum atomic E-state index is 0.695. The second-order valence-corrected chi connectivity index (χ2v) is 10.6. The second-order valence-electron chi connectivity index (χ2n) is 10.6. The van der Waals surface area contributed by atoms with Gasteiger partial charge in [-0.05, 0) is 62.1 Å². The summed E-state index contributed by atoms with van der Waals surface area (Å²) in [7, 11) is 0. The van der Waals surface area contributed by atoms with Crippen LogP contribution in [0.3, 0.4) is 0 Å². The van der Waals surface area contributed by atoms with Crippen molar-refractivity contribution in [2.24, 2.45) is 5.92 Å². The first kappa shape index (κ1) is 21.9. The lowest BCUT2D eigenvalue weighted by atomic mass is 9.92. The lowest BCUT2D eigenvalue weighted by Gasteiger charge is -2.37. The van der Waals surface area contributed by atoms with Gasteiger partial charge in [-0.1, -0.05) is 25.1 Å². The van der Waals surface area contributed by atoms with Gasteiger partial charge in [-0.25, -0.2) is 4.98 Å². The van der Waals surface area contributed by atoms with Crippen LogP contribution < -0.4 is 15.1 Å². The molecule has 3 unspecified atom stereocenters. The van der Waals surface area contributed by atoms with E-state index in [2.05, 4.69) is 87.1 Å². The van der Waals surface area contributed by atoms with E-state index >= 15 is 0 Å². The minimum absolute atomic E-state index is 0.695. The van der Waals surface area contributed by atoms with Crippen LogP contribution in [0.25, 0.3) is 11.0 Å². The number of hydrogen-bond acceptors (Lipinski definition) is 5. The highest BCUT2D eigenvalue weighted by molar-refractivity contribution is 5.78. The molecule has 3 atom stereocenters. The van der Waals surface area contributed by atoms with Crippen molar-refractivity contribution in [1.29, 1.82) is 0 Å². The Bertz CT molecular complexity index is 1130. The number of piperazine rings is 1. The maximum Gasteiger partial charge on any atom is 0.142 e. The van der Waals surface area contributed by atoms with Crippen molar-refractivity contribution in [2.75, 3.05) is 55.6 Å². The van der Waals surface area contributed by atoms with Gasteiger partial charge in [-0.15, -0.1) is 0 Å². The maximum atomic E-state index is 5.15. The third kappa shape index (κ3) is 4.18. The van der Waals surface area contributed by atoms with E-state index in [1.807, 2.05) is 0 Å². The van der Waals surface area contributed by atoms with Crippen LogP contribution >= 0.6 is 0 Å². The van der Waals surface area contributed by atoms with Gasteiger partial charge < -0.3 is 19.7 Å². The number of benzene rings is 1. The van der Waals surface area contributed by atoms with E-state index in [0.29, 0.717) is 12.1 Å². The molecule has 0 amide bonds. The lowest BCUT2D eigenvalue weighted by Crippen LogP contribution is -2.50. The molecule has 0 aliphatic carbocycles. The van der Waals surface area contributed by atoms with Crippen molar-refractivity contribution in [2.45, 2.75) is 45.3 Å². The third-order valence-corrected chi connectivity index (χ3v) is 8.32. The highest BCUT2D eigenvalue weighted by Crippen LogP contribution is 2.28. The average molecular weight is 459 g/mol. The van der Waals surface area contributed by atoms with E-state index in [4.69, 9.17) is 4.98 Å². The fraction of sp³-hybridized carbons (Fsp3) is 0.536. The minimum Gasteiger partial charge on any atom is -0.368 e. The highest BCUT2D eigenvalue weighted by Gasteiger charge is 2.37. The lowest BCUT2D eigenvalue weighted by molar-refractivity contribution is 0.169. The van der Waals surface area contributed by atoms with Gasteiger partial charge in [0.2, 0.25) is 0 Å². The van der Waals surface area contributed by atoms with Crippen molar-refractivity contribution < 1.29 is 0 Å². The van der Waals surface area contributed by atoms with Crippen LogP contribution in [0.1, 0.15) is 25.3 Å². The van der Waals surface area contributed by atoms with Crippen LogP contribution in [0.15, 0.2) is 48.7 Å². The number of rotatable bonds is 5. The molecule has 6 heteroatoms. The second kappa shape index (κ2) is 9.23. The molecule has 3 aromatic rings. The topological polar surface area (TPSA) is 39.6 Å². The number of piperidine rings is 1. The van der Waals surface area contributed by atoms with Gasteiger partial charge in [-0.3, -0.25) is 4.90 Å². The molecular formula is C28H38N6. The summed E-state index contributed by atoms with van der Waals surface area (Å²) in [6.07, 6.45) is 4.86. The van der Waals surface area contributed by atoms with Gasteiger partial charge in [-0.2, -0.15) is 0 Å². The zero-order valence-corrected chi connectivity index (χ0v) is 20.7. The Kier molecular flexibility index (Phi) is 5.95. The molecule has 1 aromatic carbocycles. The number of likely N-dealkylation sites (tertiary alicyclic amines) is 1. The van der Waals surface area contributed by atoms with E-state index in [1.165, 1.54) is 42.6 Å². The Balaban J connectivity index is 1.12. The Morgan fingerprint density at radius 1 is 0.941 bits per heavy atom. The summed E-state index contributed by atoms with van der Waals surface area (Å²) < 4.78 is 2.37. The number of pyridine rings is 1. The average Bonchev–Trinajstić information content (AvgIpc) is 3.46. The fourth-order valence-electron chi connectivity index (χ4n) is 6.33. The van der Waals surface area contributed by atoms with Crippen LogP contribution in [0.5, 0.6) is 0 Å². The number of nitrogens with one attached hydrogen (secondary N) is 1. The van der Waals surface area contributed by atoms with Crippen LogP contribution in [-0.2, 0) is 6.54 Å². The quantitative estimate of drug-likeness (QED) is 0.631. The Morgan fingerprint density at radius 2 is 1.76 bits per heavy atom. The van der Waals surface area contributed by atoms with Crippen LogP contribution in [-0.4, -0.2) is 72.3 Å². The summed E-state index contributed by atoms with van der Waals surface area (Å²) in [6.45, 7) is 13.2. The van der Waals surface area contributed by atoms with E-state index in [9.17, 15) is 0 Å². The SMILES string of the molecule is Cc1ccccc1N1CCN(c2ccc3ccn(CCN4CCC5NCC(C)CC54)c3n2)CC1. The first-order chi connectivity index (χ1) is 16.7. The van der Waals surface area contributed by atoms with Crippen molar-refractivity contribution in [3.63, 3.8) is 0 Å². The molecule has 3 saturated heterocycles. The summed E-state index contributed by atoms with van der Waals surface area (Å²) in [4.78, 5) is 12.8. The number of para-hydroxylation sites is 1. The summed E-state index contributed by atoms with van der Waals surface area (Å²) in [5, 5.41) is 5.02. The summed E-state index contributed by atoms with van der Waals surface area (Å²) in [6, 6.07) is 16.8. The Labute approximate surface area is 203 Å². The predicted molar refractivity (Wildman–Crippen MR) is 141 cm³/mol. The van der Waals surface area contributed by atoms with Crippen LogP contribution in [0.2, 0.25) is 0 Å². The molecule has 2 aromatic heterocycles. The van der Waals surface area contributed by atoms with E-state index in [1.54, 1.807) is 0 Å². The number of hydrogen-bond donors (Lipinski definition) is 1. The molecule has 1 N–H and O–H groups in total. The van der Waals surface area contributed by atoms with Crippen molar-refractivity contribution in [3.05, 3.63) is 54.2 Å². The van der Waals surface area contributed by atoms with Gasteiger partial charge in [0.1, 0.15) is 11.5 Å². The maximum absolute atomic E-state index is 5.15. The van der Waals surface area contributed by atoms with Crippen molar-refractivity contribution >= 4 is 22.5 Å². The smallest absolute Gasteiger partial charge is 0.142 e. The first-order valence-corrected chi connectivity index (χ1v) is 13.1. The van der Waals surface area contributed by atoms with Gasteiger partial charge >= 0.3 is 0 Å². The molecule has 3 fully saturated rings. The largest absolute Gasteiger partial charge is 0.368 e. The molecule has 0 bridgehead atoms. The normalized spacial score (nSPS) is 25.8. The van der Waals surface area contributed by atoms with Gasteiger partial charge in [0.05, 0.1) is 0 Å². The highest BCUT2D eigenvalue weighted by atomic mass is 15.3. The molecular weight excluding hydrogens is 420 g/mol. The molecule has 34 heavy (non-hydrogen) atoms. The molecule has 0 radical (unpaired) electrons. The molecule has 180 valence electrons. The molecule has 5 heterocycles. The number of anilines is 2. The molecule has 0 saturated carbocycles. The molecule has 3 aliphatic heterocycles. The van der Waals surface area contributed by atoms with Crippen molar-refractivity contribution in [3.8, 4) is 0 Å². The van der Waals surface area contributed by atoms with Gasteiger partial charge in [0.15, 0.2) is 0 Å². The van der Waals surface area contributed by atoms with E-state index in [-0.39, 0.29) is 0 Å². The molecule has 3 aliphatic rings. The number of nitrogens with zero attached hydrogens (tertiary/aromatic N) is 5. The zero-order chi connectivity index (χ0) is 23.1. The van der Waals surface area contributed by atoms with Crippen LogP contribution in [0.4, 0.5) is 11.5 Å².